The number of hydrogen-bond acceptors (Lipinski definition) is 3. The molecule has 0 spiro atoms. The molecule has 17 heavy (non-hydrogen) atoms. The maximum absolute atomic E-state index is 8.71. The summed E-state index contributed by atoms with van der Waals surface area (Å²) >= 11 is 0. The third kappa shape index (κ3) is 6.39. The standard InChI is InChI=1S/C14H30N2O/c1-13(2)16-10-6-7-14(8-11-16)15-9-4-3-5-12-17/h13-15,17H,3-12H2,1-2H3. The summed E-state index contributed by atoms with van der Waals surface area (Å²) in [6.07, 6.45) is 7.24. The van der Waals surface area contributed by atoms with Crippen LogP contribution in [0, 0.1) is 0 Å². The third-order valence-corrected chi connectivity index (χ3v) is 3.76. The molecule has 0 radical (unpaired) electrons. The van der Waals surface area contributed by atoms with Gasteiger partial charge in [0.05, 0.1) is 0 Å². The zero-order chi connectivity index (χ0) is 12.5. The molecule has 1 saturated heterocycles. The highest BCUT2D eigenvalue weighted by Gasteiger charge is 2.17. The van der Waals surface area contributed by atoms with Gasteiger partial charge in [0.1, 0.15) is 0 Å². The molecule has 0 bridgehead atoms. The molecule has 1 aliphatic rings. The minimum atomic E-state index is 0.340. The first-order valence-electron chi connectivity index (χ1n) is 7.32. The van der Waals surface area contributed by atoms with Gasteiger partial charge in [-0.05, 0) is 72.0 Å². The van der Waals surface area contributed by atoms with Gasteiger partial charge in [-0.2, -0.15) is 0 Å². The second kappa shape index (κ2) is 8.90. The molecular formula is C14H30N2O. The summed E-state index contributed by atoms with van der Waals surface area (Å²) in [6, 6.07) is 1.41. The second-order valence-electron chi connectivity index (χ2n) is 5.50. The summed E-state index contributed by atoms with van der Waals surface area (Å²) in [5.41, 5.74) is 0. The number of unbranched alkanes of at least 4 members (excludes halogenated alkanes) is 2. The minimum Gasteiger partial charge on any atom is -0.396 e. The SMILES string of the molecule is CC(C)N1CCCC(NCCCCCO)CC1. The summed E-state index contributed by atoms with van der Waals surface area (Å²) < 4.78 is 0. The molecule has 1 heterocycles. The number of rotatable bonds is 7. The lowest BCUT2D eigenvalue weighted by Crippen LogP contribution is -2.34. The summed E-state index contributed by atoms with van der Waals surface area (Å²) in [4.78, 5) is 2.59. The number of likely N-dealkylation sites (tertiary alicyclic amines) is 1. The molecule has 3 nitrogen and oxygen atoms in total. The molecule has 0 saturated carbocycles. The normalized spacial score (nSPS) is 22.9. The van der Waals surface area contributed by atoms with Crippen molar-refractivity contribution in [2.24, 2.45) is 0 Å². The molecule has 0 aromatic carbocycles. The van der Waals surface area contributed by atoms with Crippen molar-refractivity contribution in [1.82, 2.24) is 10.2 Å². The smallest absolute Gasteiger partial charge is 0.0431 e. The first-order chi connectivity index (χ1) is 8.24. The monoisotopic (exact) mass is 242 g/mol. The van der Waals surface area contributed by atoms with Crippen LogP contribution in [0.1, 0.15) is 52.4 Å². The van der Waals surface area contributed by atoms with Crippen LogP contribution >= 0.6 is 0 Å². The molecule has 102 valence electrons. The van der Waals surface area contributed by atoms with Crippen LogP contribution in [0.4, 0.5) is 0 Å². The molecule has 1 unspecified atom stereocenters. The van der Waals surface area contributed by atoms with Crippen LogP contribution < -0.4 is 5.32 Å². The molecule has 2 N–H and O–H groups in total. The van der Waals surface area contributed by atoms with Crippen LogP contribution in [0.3, 0.4) is 0 Å². The number of nitrogens with zero attached hydrogens (tertiary/aromatic N) is 1. The van der Waals surface area contributed by atoms with E-state index >= 15 is 0 Å². The molecule has 3 heteroatoms. The Labute approximate surface area is 107 Å². The maximum atomic E-state index is 8.71. The van der Waals surface area contributed by atoms with E-state index in [4.69, 9.17) is 5.11 Å². The van der Waals surface area contributed by atoms with E-state index in [1.165, 1.54) is 38.8 Å². The van der Waals surface area contributed by atoms with Gasteiger partial charge in [0.15, 0.2) is 0 Å². The van der Waals surface area contributed by atoms with Crippen LogP contribution in [0.15, 0.2) is 0 Å². The topological polar surface area (TPSA) is 35.5 Å². The summed E-state index contributed by atoms with van der Waals surface area (Å²) in [5.74, 6) is 0. The van der Waals surface area contributed by atoms with E-state index < -0.39 is 0 Å². The highest BCUT2D eigenvalue weighted by Crippen LogP contribution is 2.13. The van der Waals surface area contributed by atoms with Crippen LogP contribution in [0.25, 0.3) is 0 Å². The van der Waals surface area contributed by atoms with E-state index in [1.54, 1.807) is 0 Å². The molecule has 1 fully saturated rings. The zero-order valence-electron chi connectivity index (χ0n) is 11.6. The lowest BCUT2D eigenvalue weighted by atomic mass is 10.1. The fourth-order valence-electron chi connectivity index (χ4n) is 2.56. The van der Waals surface area contributed by atoms with Crippen molar-refractivity contribution in [2.75, 3.05) is 26.2 Å². The van der Waals surface area contributed by atoms with Crippen molar-refractivity contribution in [3.63, 3.8) is 0 Å². The molecule has 0 amide bonds. The number of aliphatic hydroxyl groups is 1. The van der Waals surface area contributed by atoms with Gasteiger partial charge in [0.25, 0.3) is 0 Å². The predicted molar refractivity (Wildman–Crippen MR) is 73.3 cm³/mol. The zero-order valence-corrected chi connectivity index (χ0v) is 11.6. The van der Waals surface area contributed by atoms with Gasteiger partial charge in [0.2, 0.25) is 0 Å². The fraction of sp³-hybridized carbons (Fsp3) is 1.00. The molecule has 1 aliphatic heterocycles. The lowest BCUT2D eigenvalue weighted by molar-refractivity contribution is 0.229. The molecule has 0 aromatic heterocycles. The van der Waals surface area contributed by atoms with Crippen molar-refractivity contribution in [1.29, 1.82) is 0 Å². The van der Waals surface area contributed by atoms with Gasteiger partial charge in [0, 0.05) is 18.7 Å². The molecule has 1 atom stereocenters. The van der Waals surface area contributed by atoms with Crippen molar-refractivity contribution in [3.8, 4) is 0 Å². The predicted octanol–water partition coefficient (Wildman–Crippen LogP) is 2.00. The van der Waals surface area contributed by atoms with Gasteiger partial charge in [-0.15, -0.1) is 0 Å². The van der Waals surface area contributed by atoms with Gasteiger partial charge in [-0.25, -0.2) is 0 Å². The Morgan fingerprint density at radius 1 is 1.18 bits per heavy atom. The lowest BCUT2D eigenvalue weighted by Gasteiger charge is -2.24. The van der Waals surface area contributed by atoms with E-state index in [1.807, 2.05) is 0 Å². The van der Waals surface area contributed by atoms with Gasteiger partial charge >= 0.3 is 0 Å². The highest BCUT2D eigenvalue weighted by molar-refractivity contribution is 4.76. The van der Waals surface area contributed by atoms with Crippen molar-refractivity contribution >= 4 is 0 Å². The van der Waals surface area contributed by atoms with Crippen molar-refractivity contribution in [2.45, 2.75) is 64.5 Å². The first-order valence-corrected chi connectivity index (χ1v) is 7.32. The maximum Gasteiger partial charge on any atom is 0.0431 e. The molecule has 1 rings (SSSR count). The highest BCUT2D eigenvalue weighted by atomic mass is 16.2. The quantitative estimate of drug-likeness (QED) is 0.670. The van der Waals surface area contributed by atoms with Crippen LogP contribution in [0.5, 0.6) is 0 Å². The number of hydrogen-bond donors (Lipinski definition) is 2. The minimum absolute atomic E-state index is 0.340. The van der Waals surface area contributed by atoms with Crippen LogP contribution in [-0.4, -0.2) is 48.3 Å². The van der Waals surface area contributed by atoms with E-state index in [-0.39, 0.29) is 0 Å². The Morgan fingerprint density at radius 3 is 2.71 bits per heavy atom. The Kier molecular flexibility index (Phi) is 7.82. The van der Waals surface area contributed by atoms with E-state index in [0.29, 0.717) is 18.7 Å². The Balaban J connectivity index is 2.09. The summed E-state index contributed by atoms with van der Waals surface area (Å²) in [7, 11) is 0. The van der Waals surface area contributed by atoms with Crippen molar-refractivity contribution < 1.29 is 5.11 Å². The van der Waals surface area contributed by atoms with Crippen molar-refractivity contribution in [3.05, 3.63) is 0 Å². The molecular weight excluding hydrogens is 212 g/mol. The van der Waals surface area contributed by atoms with Gasteiger partial charge in [-0.1, -0.05) is 0 Å². The van der Waals surface area contributed by atoms with Gasteiger partial charge < -0.3 is 15.3 Å². The van der Waals surface area contributed by atoms with Gasteiger partial charge in [-0.3, -0.25) is 0 Å². The number of nitrogens with one attached hydrogen (secondary N) is 1. The molecule has 0 aromatic rings. The average molecular weight is 242 g/mol. The Morgan fingerprint density at radius 2 is 2.00 bits per heavy atom. The summed E-state index contributed by atoms with van der Waals surface area (Å²) in [5, 5.41) is 12.4. The summed E-state index contributed by atoms with van der Waals surface area (Å²) in [6.45, 7) is 8.55. The van der Waals surface area contributed by atoms with E-state index in [2.05, 4.69) is 24.1 Å². The first kappa shape index (κ1) is 14.9. The van der Waals surface area contributed by atoms with E-state index in [0.717, 1.165) is 19.4 Å². The fourth-order valence-corrected chi connectivity index (χ4v) is 2.56. The molecule has 0 aliphatic carbocycles. The largest absolute Gasteiger partial charge is 0.396 e. The average Bonchev–Trinajstić information content (AvgIpc) is 2.54. The third-order valence-electron chi connectivity index (χ3n) is 3.76. The Bertz CT molecular complexity index is 185. The van der Waals surface area contributed by atoms with E-state index in [9.17, 15) is 0 Å². The second-order valence-corrected chi connectivity index (χ2v) is 5.50. The van der Waals surface area contributed by atoms with Crippen LogP contribution in [0.2, 0.25) is 0 Å². The van der Waals surface area contributed by atoms with Crippen LogP contribution in [-0.2, 0) is 0 Å². The number of aliphatic hydroxyl groups excluding tert-OH is 1. The Hall–Kier alpha value is -0.120.